The van der Waals surface area contributed by atoms with Crippen LogP contribution in [0.15, 0.2) is 18.2 Å². The summed E-state index contributed by atoms with van der Waals surface area (Å²) in [5.74, 6) is -2.43. The fourth-order valence-electron chi connectivity index (χ4n) is 2.16. The topological polar surface area (TPSA) is 69.6 Å². The summed E-state index contributed by atoms with van der Waals surface area (Å²) in [7, 11) is 1.94. The van der Waals surface area contributed by atoms with Gasteiger partial charge in [-0.3, -0.25) is 4.79 Å². The minimum Gasteiger partial charge on any atom is -0.478 e. The number of aromatic carboxylic acids is 1. The largest absolute Gasteiger partial charge is 0.478 e. The minimum atomic E-state index is -1.35. The Bertz CT molecular complexity index is 519. The molecular weight excluding hydrogens is 251 g/mol. The molecule has 2 N–H and O–H groups in total. The molecule has 6 heteroatoms. The van der Waals surface area contributed by atoms with E-state index in [1.165, 1.54) is 6.07 Å². The van der Waals surface area contributed by atoms with Crippen molar-refractivity contribution in [2.75, 3.05) is 25.5 Å². The highest BCUT2D eigenvalue weighted by Gasteiger charge is 2.26. The number of hydrogen-bond donors (Lipinski definition) is 2. The molecule has 0 aromatic heterocycles. The van der Waals surface area contributed by atoms with Gasteiger partial charge in [-0.1, -0.05) is 0 Å². The van der Waals surface area contributed by atoms with Crippen molar-refractivity contribution in [2.45, 2.75) is 6.42 Å². The third kappa shape index (κ3) is 3.08. The molecule has 0 radical (unpaired) electrons. The van der Waals surface area contributed by atoms with E-state index < -0.39 is 17.3 Å². The molecule has 0 spiro atoms. The fourth-order valence-corrected chi connectivity index (χ4v) is 2.16. The number of anilines is 1. The summed E-state index contributed by atoms with van der Waals surface area (Å²) in [5.41, 5.74) is -0.139. The van der Waals surface area contributed by atoms with E-state index in [0.717, 1.165) is 25.1 Å². The molecule has 1 amide bonds. The standard InChI is InChI=1S/C13H15FN2O3/c1-16-5-4-8(7-16)12(17)15-9-2-3-11(14)10(6-9)13(18)19/h2-3,6,8H,4-5,7H2,1H3,(H,15,17)(H,18,19). The van der Waals surface area contributed by atoms with Crippen LogP contribution in [0.3, 0.4) is 0 Å². The molecule has 19 heavy (non-hydrogen) atoms. The monoisotopic (exact) mass is 266 g/mol. The maximum atomic E-state index is 13.2. The Balaban J connectivity index is 2.09. The van der Waals surface area contributed by atoms with E-state index in [-0.39, 0.29) is 11.8 Å². The SMILES string of the molecule is CN1CCC(C(=O)Nc2ccc(F)c(C(=O)O)c2)C1. The van der Waals surface area contributed by atoms with Crippen LogP contribution in [0.1, 0.15) is 16.8 Å². The van der Waals surface area contributed by atoms with E-state index in [2.05, 4.69) is 10.2 Å². The van der Waals surface area contributed by atoms with E-state index in [4.69, 9.17) is 5.11 Å². The van der Waals surface area contributed by atoms with Crippen molar-refractivity contribution in [3.63, 3.8) is 0 Å². The Morgan fingerprint density at radius 1 is 1.47 bits per heavy atom. The summed E-state index contributed by atoms with van der Waals surface area (Å²) < 4.78 is 13.2. The molecule has 1 aromatic rings. The number of carboxylic acid groups (broad SMARTS) is 1. The van der Waals surface area contributed by atoms with Crippen LogP contribution < -0.4 is 5.32 Å². The Morgan fingerprint density at radius 3 is 2.79 bits per heavy atom. The van der Waals surface area contributed by atoms with Gasteiger partial charge >= 0.3 is 5.97 Å². The molecule has 5 nitrogen and oxygen atoms in total. The third-order valence-corrected chi connectivity index (χ3v) is 3.23. The number of nitrogens with one attached hydrogen (secondary N) is 1. The van der Waals surface area contributed by atoms with Gasteiger partial charge in [-0.15, -0.1) is 0 Å². The van der Waals surface area contributed by atoms with Crippen molar-refractivity contribution in [2.24, 2.45) is 5.92 Å². The summed E-state index contributed by atoms with van der Waals surface area (Å²) in [4.78, 5) is 24.8. The molecule has 1 unspecified atom stereocenters. The number of hydrogen-bond acceptors (Lipinski definition) is 3. The van der Waals surface area contributed by atoms with E-state index >= 15 is 0 Å². The van der Waals surface area contributed by atoms with E-state index in [1.54, 1.807) is 0 Å². The molecule has 0 aliphatic carbocycles. The number of carbonyl (C=O) groups excluding carboxylic acids is 1. The van der Waals surface area contributed by atoms with Gasteiger partial charge in [0.1, 0.15) is 5.82 Å². The Hall–Kier alpha value is -1.95. The van der Waals surface area contributed by atoms with Crippen molar-refractivity contribution < 1.29 is 19.1 Å². The second-order valence-electron chi connectivity index (χ2n) is 4.74. The fraction of sp³-hybridized carbons (Fsp3) is 0.385. The van der Waals surface area contributed by atoms with Crippen molar-refractivity contribution in [1.29, 1.82) is 0 Å². The molecule has 1 fully saturated rings. The van der Waals surface area contributed by atoms with Crippen LogP contribution >= 0.6 is 0 Å². The summed E-state index contributed by atoms with van der Waals surface area (Å²) in [6.45, 7) is 1.54. The minimum absolute atomic E-state index is 0.108. The zero-order valence-corrected chi connectivity index (χ0v) is 10.5. The summed E-state index contributed by atoms with van der Waals surface area (Å²) in [5, 5.41) is 11.4. The lowest BCUT2D eigenvalue weighted by atomic mass is 10.1. The van der Waals surface area contributed by atoms with Gasteiger partial charge in [-0.25, -0.2) is 9.18 Å². The van der Waals surface area contributed by atoms with E-state index in [0.29, 0.717) is 12.2 Å². The molecule has 1 aromatic carbocycles. The van der Waals surface area contributed by atoms with Gasteiger partial charge in [0.05, 0.1) is 11.5 Å². The van der Waals surface area contributed by atoms with Gasteiger partial charge < -0.3 is 15.3 Å². The van der Waals surface area contributed by atoms with E-state index in [1.807, 2.05) is 7.05 Å². The number of carbonyl (C=O) groups is 2. The first-order chi connectivity index (χ1) is 8.97. The summed E-state index contributed by atoms with van der Waals surface area (Å²) in [6.07, 6.45) is 0.773. The smallest absolute Gasteiger partial charge is 0.338 e. The molecule has 2 rings (SSSR count). The first-order valence-corrected chi connectivity index (χ1v) is 5.99. The van der Waals surface area contributed by atoms with Crippen molar-refractivity contribution in [3.05, 3.63) is 29.6 Å². The quantitative estimate of drug-likeness (QED) is 0.868. The van der Waals surface area contributed by atoms with Crippen molar-refractivity contribution >= 4 is 17.6 Å². The number of nitrogens with zero attached hydrogens (tertiary/aromatic N) is 1. The number of amides is 1. The lowest BCUT2D eigenvalue weighted by molar-refractivity contribution is -0.119. The predicted octanol–water partition coefficient (Wildman–Crippen LogP) is 1.41. The second-order valence-corrected chi connectivity index (χ2v) is 4.74. The number of rotatable bonds is 3. The van der Waals surface area contributed by atoms with Gasteiger partial charge in [-0.05, 0) is 38.2 Å². The summed E-state index contributed by atoms with van der Waals surface area (Å²) >= 11 is 0. The highest BCUT2D eigenvalue weighted by atomic mass is 19.1. The molecule has 1 heterocycles. The van der Waals surface area contributed by atoms with Crippen LogP contribution in [0.2, 0.25) is 0 Å². The number of benzene rings is 1. The van der Waals surface area contributed by atoms with Gasteiger partial charge in [0.15, 0.2) is 0 Å². The van der Waals surface area contributed by atoms with Crippen LogP contribution in [0.25, 0.3) is 0 Å². The highest BCUT2D eigenvalue weighted by molar-refractivity contribution is 5.95. The zero-order chi connectivity index (χ0) is 14.0. The van der Waals surface area contributed by atoms with Crippen LogP contribution in [-0.4, -0.2) is 42.0 Å². The molecule has 102 valence electrons. The number of carboxylic acids is 1. The van der Waals surface area contributed by atoms with Gasteiger partial charge in [0, 0.05) is 12.2 Å². The second kappa shape index (κ2) is 5.36. The Kier molecular flexibility index (Phi) is 3.80. The van der Waals surface area contributed by atoms with Crippen molar-refractivity contribution in [1.82, 2.24) is 4.90 Å². The first kappa shape index (κ1) is 13.5. The predicted molar refractivity (Wildman–Crippen MR) is 67.6 cm³/mol. The maximum Gasteiger partial charge on any atom is 0.338 e. The van der Waals surface area contributed by atoms with Gasteiger partial charge in [0.2, 0.25) is 5.91 Å². The van der Waals surface area contributed by atoms with Gasteiger partial charge in [0.25, 0.3) is 0 Å². The average molecular weight is 266 g/mol. The lowest BCUT2D eigenvalue weighted by Crippen LogP contribution is -2.25. The number of likely N-dealkylation sites (tertiary alicyclic amines) is 1. The summed E-state index contributed by atoms with van der Waals surface area (Å²) in [6, 6.07) is 3.53. The van der Waals surface area contributed by atoms with Crippen LogP contribution in [-0.2, 0) is 4.79 Å². The molecule has 1 aliphatic rings. The first-order valence-electron chi connectivity index (χ1n) is 5.99. The van der Waals surface area contributed by atoms with E-state index in [9.17, 15) is 14.0 Å². The normalized spacial score (nSPS) is 19.4. The number of halogens is 1. The molecule has 0 saturated carbocycles. The highest BCUT2D eigenvalue weighted by Crippen LogP contribution is 2.19. The molecule has 1 atom stereocenters. The Labute approximate surface area is 110 Å². The maximum absolute atomic E-state index is 13.2. The van der Waals surface area contributed by atoms with Crippen molar-refractivity contribution in [3.8, 4) is 0 Å². The molecule has 0 bridgehead atoms. The van der Waals surface area contributed by atoms with Crippen LogP contribution in [0.5, 0.6) is 0 Å². The third-order valence-electron chi connectivity index (χ3n) is 3.23. The van der Waals surface area contributed by atoms with Crippen LogP contribution in [0.4, 0.5) is 10.1 Å². The zero-order valence-electron chi connectivity index (χ0n) is 10.5. The average Bonchev–Trinajstić information content (AvgIpc) is 2.78. The Morgan fingerprint density at radius 2 is 2.21 bits per heavy atom. The van der Waals surface area contributed by atoms with Gasteiger partial charge in [-0.2, -0.15) is 0 Å². The molecular formula is C13H15FN2O3. The molecule has 1 saturated heterocycles. The molecule has 1 aliphatic heterocycles. The lowest BCUT2D eigenvalue weighted by Gasteiger charge is -2.11. The van der Waals surface area contributed by atoms with Crippen LogP contribution in [0, 0.1) is 11.7 Å².